The van der Waals surface area contributed by atoms with Crippen LogP contribution in [0.5, 0.6) is 0 Å². The zero-order valence-corrected chi connectivity index (χ0v) is 15.3. The number of nitrogens with zero attached hydrogens (tertiary/aromatic N) is 4. The van der Waals surface area contributed by atoms with Gasteiger partial charge in [-0.1, -0.05) is 13.8 Å². The van der Waals surface area contributed by atoms with Crippen LogP contribution < -0.4 is 16.1 Å². The number of imidazole rings is 1. The first-order valence-electron chi connectivity index (χ1n) is 8.82. The second-order valence-corrected chi connectivity index (χ2v) is 7.43. The van der Waals surface area contributed by atoms with Crippen LogP contribution in [0.2, 0.25) is 0 Å². The van der Waals surface area contributed by atoms with Gasteiger partial charge in [-0.25, -0.2) is 9.78 Å². The maximum atomic E-state index is 12.6. The molecule has 1 fully saturated rings. The molecule has 0 aliphatic carbocycles. The van der Waals surface area contributed by atoms with Gasteiger partial charge in [-0.3, -0.25) is 13.9 Å². The first-order valence-corrected chi connectivity index (χ1v) is 8.82. The lowest BCUT2D eigenvalue weighted by Gasteiger charge is -2.31. The summed E-state index contributed by atoms with van der Waals surface area (Å²) in [4.78, 5) is 30.9. The highest BCUT2D eigenvalue weighted by Gasteiger charge is 2.27. The van der Waals surface area contributed by atoms with Crippen molar-refractivity contribution in [2.75, 3.05) is 13.1 Å². The molecular weight excluding hydrogens is 306 g/mol. The Labute approximate surface area is 141 Å². The third kappa shape index (κ3) is 2.70. The Kier molecular flexibility index (Phi) is 4.38. The number of hydrogen-bond acceptors (Lipinski definition) is 3. The molecule has 2 atom stereocenters. The summed E-state index contributed by atoms with van der Waals surface area (Å²) in [6, 6.07) is 0. The van der Waals surface area contributed by atoms with Crippen molar-refractivity contribution >= 4 is 11.2 Å². The lowest BCUT2D eigenvalue weighted by Crippen LogP contribution is -3.13. The normalized spacial score (nSPS) is 24.6. The SMILES string of the molecule is CCn1c(C[NH+]2C[C@H](C)C[C@@H](C)C2)nc2c1c(=O)n(C)c(=O)n2C. The molecule has 0 spiro atoms. The second kappa shape index (κ2) is 6.20. The fraction of sp³-hybridized carbons (Fsp3) is 0.706. The molecule has 7 heteroatoms. The molecule has 0 unspecified atom stereocenters. The maximum absolute atomic E-state index is 12.6. The third-order valence-electron chi connectivity index (χ3n) is 5.23. The van der Waals surface area contributed by atoms with Crippen LogP contribution in [0.1, 0.15) is 33.0 Å². The summed E-state index contributed by atoms with van der Waals surface area (Å²) in [5.41, 5.74) is 0.448. The zero-order chi connectivity index (χ0) is 17.6. The summed E-state index contributed by atoms with van der Waals surface area (Å²) in [5, 5.41) is 0. The van der Waals surface area contributed by atoms with Gasteiger partial charge in [0.2, 0.25) is 0 Å². The van der Waals surface area contributed by atoms with E-state index in [4.69, 9.17) is 0 Å². The second-order valence-electron chi connectivity index (χ2n) is 7.43. The molecule has 24 heavy (non-hydrogen) atoms. The summed E-state index contributed by atoms with van der Waals surface area (Å²) >= 11 is 0. The van der Waals surface area contributed by atoms with Crippen molar-refractivity contribution in [2.24, 2.45) is 25.9 Å². The predicted octanol–water partition coefficient (Wildman–Crippen LogP) is -0.486. The van der Waals surface area contributed by atoms with E-state index in [2.05, 4.69) is 18.8 Å². The van der Waals surface area contributed by atoms with Crippen LogP contribution in [0.25, 0.3) is 11.2 Å². The Balaban J connectivity index is 2.09. The highest BCUT2D eigenvalue weighted by molar-refractivity contribution is 5.71. The fourth-order valence-electron chi connectivity index (χ4n) is 4.26. The van der Waals surface area contributed by atoms with Crippen molar-refractivity contribution in [3.63, 3.8) is 0 Å². The average molecular weight is 334 g/mol. The molecule has 132 valence electrons. The number of likely N-dealkylation sites (tertiary alicyclic amines) is 1. The van der Waals surface area contributed by atoms with Crippen LogP contribution in [0, 0.1) is 11.8 Å². The molecule has 3 rings (SSSR count). The summed E-state index contributed by atoms with van der Waals surface area (Å²) in [7, 11) is 3.20. The monoisotopic (exact) mass is 334 g/mol. The molecule has 0 aromatic carbocycles. The molecule has 1 saturated heterocycles. The average Bonchev–Trinajstić information content (AvgIpc) is 2.88. The van der Waals surface area contributed by atoms with Crippen LogP contribution >= 0.6 is 0 Å². The zero-order valence-electron chi connectivity index (χ0n) is 15.3. The fourth-order valence-corrected chi connectivity index (χ4v) is 4.26. The van der Waals surface area contributed by atoms with Crippen molar-refractivity contribution in [3.8, 4) is 0 Å². The Morgan fingerprint density at radius 2 is 1.75 bits per heavy atom. The highest BCUT2D eigenvalue weighted by Crippen LogP contribution is 2.14. The number of nitrogens with one attached hydrogen (secondary N) is 1. The molecule has 0 bridgehead atoms. The van der Waals surface area contributed by atoms with Gasteiger partial charge in [0.25, 0.3) is 5.56 Å². The topological polar surface area (TPSA) is 66.3 Å². The van der Waals surface area contributed by atoms with Crippen molar-refractivity contribution in [1.29, 1.82) is 0 Å². The summed E-state index contributed by atoms with van der Waals surface area (Å²) < 4.78 is 4.62. The number of fused-ring (bicyclic) bond motifs is 1. The number of rotatable bonds is 3. The van der Waals surface area contributed by atoms with Gasteiger partial charge < -0.3 is 9.47 Å². The highest BCUT2D eigenvalue weighted by atomic mass is 16.2. The van der Waals surface area contributed by atoms with E-state index in [1.165, 1.54) is 22.9 Å². The van der Waals surface area contributed by atoms with Crippen LogP contribution in [0.4, 0.5) is 0 Å². The molecule has 0 radical (unpaired) electrons. The number of aromatic nitrogens is 4. The molecule has 7 nitrogen and oxygen atoms in total. The van der Waals surface area contributed by atoms with E-state index in [0.29, 0.717) is 29.5 Å². The summed E-state index contributed by atoms with van der Waals surface area (Å²) in [6.45, 7) is 10.4. The van der Waals surface area contributed by atoms with Gasteiger partial charge in [0.1, 0.15) is 6.54 Å². The minimum absolute atomic E-state index is 0.260. The molecule has 2 aromatic heterocycles. The third-order valence-corrected chi connectivity index (χ3v) is 5.23. The number of quaternary nitrogens is 1. The molecule has 2 aromatic rings. The molecule has 1 aliphatic rings. The Bertz CT molecular complexity index is 866. The summed E-state index contributed by atoms with van der Waals surface area (Å²) in [6.07, 6.45) is 1.28. The Hall–Kier alpha value is -1.89. The van der Waals surface area contributed by atoms with E-state index in [1.807, 2.05) is 11.5 Å². The van der Waals surface area contributed by atoms with Crippen LogP contribution in [-0.2, 0) is 27.2 Å². The lowest BCUT2D eigenvalue weighted by molar-refractivity contribution is -0.926. The Morgan fingerprint density at radius 3 is 2.33 bits per heavy atom. The van der Waals surface area contributed by atoms with E-state index in [9.17, 15) is 9.59 Å². The van der Waals surface area contributed by atoms with Gasteiger partial charge >= 0.3 is 5.69 Å². The number of piperidine rings is 1. The largest absolute Gasteiger partial charge is 0.332 e. The van der Waals surface area contributed by atoms with E-state index < -0.39 is 0 Å². The number of aryl methyl sites for hydroxylation is 2. The Morgan fingerprint density at radius 1 is 1.12 bits per heavy atom. The van der Waals surface area contributed by atoms with Crippen LogP contribution in [-0.4, -0.2) is 31.8 Å². The first-order chi connectivity index (χ1) is 11.3. The van der Waals surface area contributed by atoms with Crippen LogP contribution in [0.3, 0.4) is 0 Å². The van der Waals surface area contributed by atoms with Gasteiger partial charge in [-0.15, -0.1) is 0 Å². The van der Waals surface area contributed by atoms with Crippen molar-refractivity contribution in [2.45, 2.75) is 40.3 Å². The van der Waals surface area contributed by atoms with E-state index >= 15 is 0 Å². The van der Waals surface area contributed by atoms with Crippen LogP contribution in [0.15, 0.2) is 9.59 Å². The standard InChI is InChI=1S/C17H27N5O2/c1-6-22-13(10-21-8-11(2)7-12(3)9-21)18-15-14(22)16(23)20(5)17(24)19(15)4/h11-12H,6-10H2,1-5H3/p+1/t11-,12-/m1/s1. The molecule has 1 N–H and O–H groups in total. The van der Waals surface area contributed by atoms with E-state index in [0.717, 1.165) is 30.0 Å². The molecular formula is C17H28N5O2+. The predicted molar refractivity (Wildman–Crippen MR) is 93.2 cm³/mol. The molecule has 0 amide bonds. The van der Waals surface area contributed by atoms with Gasteiger partial charge in [0, 0.05) is 32.5 Å². The molecule has 3 heterocycles. The quantitative estimate of drug-likeness (QED) is 0.824. The van der Waals surface area contributed by atoms with Gasteiger partial charge in [-0.2, -0.15) is 0 Å². The molecule has 1 aliphatic heterocycles. The van der Waals surface area contributed by atoms with Gasteiger partial charge in [0.05, 0.1) is 13.1 Å². The smallest absolute Gasteiger partial charge is 0.328 e. The van der Waals surface area contributed by atoms with Crippen molar-refractivity contribution in [1.82, 2.24) is 18.7 Å². The lowest BCUT2D eigenvalue weighted by atomic mass is 9.92. The summed E-state index contributed by atoms with van der Waals surface area (Å²) in [5.74, 6) is 2.32. The maximum Gasteiger partial charge on any atom is 0.332 e. The van der Waals surface area contributed by atoms with Gasteiger partial charge in [-0.05, 0) is 13.3 Å². The number of hydrogen-bond donors (Lipinski definition) is 1. The minimum atomic E-state index is -0.327. The van der Waals surface area contributed by atoms with E-state index in [-0.39, 0.29) is 11.2 Å². The molecule has 0 saturated carbocycles. The van der Waals surface area contributed by atoms with Crippen molar-refractivity contribution in [3.05, 3.63) is 26.7 Å². The first kappa shape index (κ1) is 17.0. The van der Waals surface area contributed by atoms with E-state index in [1.54, 1.807) is 7.05 Å². The minimum Gasteiger partial charge on any atom is -0.328 e. The van der Waals surface area contributed by atoms with Gasteiger partial charge in [0.15, 0.2) is 17.0 Å². The van der Waals surface area contributed by atoms with Crippen molar-refractivity contribution < 1.29 is 4.90 Å².